The van der Waals surface area contributed by atoms with Crippen LogP contribution in [-0.4, -0.2) is 53.5 Å². The highest BCUT2D eigenvalue weighted by Crippen LogP contribution is 2.40. The van der Waals surface area contributed by atoms with Gasteiger partial charge < -0.3 is 4.74 Å². The Hall–Kier alpha value is -2.76. The molecule has 0 bridgehead atoms. The molecule has 39 heavy (non-hydrogen) atoms. The van der Waals surface area contributed by atoms with Crippen LogP contribution < -0.4 is 4.74 Å². The highest BCUT2D eigenvalue weighted by molar-refractivity contribution is 7.90. The fraction of sp³-hybridized carbons (Fsp3) is 0.444. The Morgan fingerprint density at radius 2 is 1.87 bits per heavy atom. The van der Waals surface area contributed by atoms with Crippen LogP contribution in [0, 0.1) is 0 Å². The maximum absolute atomic E-state index is 13.3. The van der Waals surface area contributed by atoms with Crippen LogP contribution in [0.4, 0.5) is 13.2 Å². The monoisotopic (exact) mass is 580 g/mol. The Balaban J connectivity index is 1.33. The predicted molar refractivity (Wildman–Crippen MR) is 139 cm³/mol. The molecule has 2 aliphatic rings. The molecule has 2 fully saturated rings. The van der Waals surface area contributed by atoms with E-state index in [4.69, 9.17) is 16.3 Å². The smallest absolute Gasteiger partial charge is 0.416 e. The van der Waals surface area contributed by atoms with Crippen molar-refractivity contribution in [2.75, 3.05) is 13.1 Å². The van der Waals surface area contributed by atoms with E-state index in [1.165, 1.54) is 43.0 Å². The quantitative estimate of drug-likeness (QED) is 0.354. The number of pyridine rings is 1. The molecule has 0 unspecified atom stereocenters. The SMILES string of the molecule is O=S(=O)(Cc1ccncn1)c1cnc(O[C@H]2CC[C@H](c3cccc(C(F)(F)F)c3)C[C@@H]2N2CCCC2)c(Cl)c1. The van der Waals surface area contributed by atoms with Crippen molar-refractivity contribution in [3.63, 3.8) is 0 Å². The zero-order chi connectivity index (χ0) is 27.6. The molecule has 3 atom stereocenters. The molecule has 0 radical (unpaired) electrons. The number of ether oxygens (including phenoxy) is 1. The van der Waals surface area contributed by atoms with Crippen LogP contribution in [-0.2, 0) is 21.8 Å². The standard InChI is InChI=1S/C27H28ClF3N4O3S/c28-23-14-22(39(36,37)16-21-8-9-32-17-34-21)15-33-26(23)38-25-7-6-19(13-24(25)35-10-1-2-11-35)18-4-3-5-20(12-18)27(29,30)31/h3-5,8-9,12,14-15,17,19,24-25H,1-2,6-7,10-11,13,16H2/t19-,24-,25-/m0/s1. The van der Waals surface area contributed by atoms with Crippen LogP contribution in [0.2, 0.25) is 5.02 Å². The molecule has 2 aromatic heterocycles. The first-order valence-electron chi connectivity index (χ1n) is 12.8. The Kier molecular flexibility index (Phi) is 8.11. The Labute approximate surface area is 230 Å². The van der Waals surface area contributed by atoms with Gasteiger partial charge in [0, 0.05) is 18.4 Å². The first-order chi connectivity index (χ1) is 18.6. The van der Waals surface area contributed by atoms with Crippen molar-refractivity contribution in [3.8, 4) is 5.88 Å². The Bertz CT molecular complexity index is 1400. The number of hydrogen-bond acceptors (Lipinski definition) is 7. The number of halogens is 4. The molecule has 1 aromatic carbocycles. The van der Waals surface area contributed by atoms with Gasteiger partial charge in [0.05, 0.1) is 21.9 Å². The highest BCUT2D eigenvalue weighted by Gasteiger charge is 2.39. The maximum Gasteiger partial charge on any atom is 0.416 e. The van der Waals surface area contributed by atoms with Crippen LogP contribution in [0.5, 0.6) is 5.88 Å². The van der Waals surface area contributed by atoms with Crippen molar-refractivity contribution in [1.82, 2.24) is 19.9 Å². The number of rotatable bonds is 7. The number of nitrogens with zero attached hydrogens (tertiary/aromatic N) is 4. The van der Waals surface area contributed by atoms with Crippen molar-refractivity contribution in [2.45, 2.75) is 67.0 Å². The summed E-state index contributed by atoms with van der Waals surface area (Å²) in [7, 11) is -3.74. The average Bonchev–Trinajstić information content (AvgIpc) is 3.45. The summed E-state index contributed by atoms with van der Waals surface area (Å²) in [5.74, 6) is -0.204. The fourth-order valence-electron chi connectivity index (χ4n) is 5.48. The summed E-state index contributed by atoms with van der Waals surface area (Å²) in [5, 5.41) is 0.0823. The fourth-order valence-corrected chi connectivity index (χ4v) is 6.99. The molecule has 1 saturated carbocycles. The molecule has 1 aliphatic heterocycles. The Morgan fingerprint density at radius 3 is 2.56 bits per heavy atom. The molecule has 208 valence electrons. The van der Waals surface area contributed by atoms with E-state index < -0.39 is 21.6 Å². The van der Waals surface area contributed by atoms with Gasteiger partial charge in [-0.25, -0.2) is 23.4 Å². The summed E-state index contributed by atoms with van der Waals surface area (Å²) in [5.41, 5.74) is 0.399. The second-order valence-electron chi connectivity index (χ2n) is 10.0. The van der Waals surface area contributed by atoms with Crippen LogP contribution in [0.15, 0.2) is 60.0 Å². The van der Waals surface area contributed by atoms with Gasteiger partial charge in [-0.15, -0.1) is 0 Å². The van der Waals surface area contributed by atoms with Crippen molar-refractivity contribution in [3.05, 3.63) is 77.0 Å². The van der Waals surface area contributed by atoms with Gasteiger partial charge in [0.15, 0.2) is 9.84 Å². The van der Waals surface area contributed by atoms with Gasteiger partial charge in [0.2, 0.25) is 5.88 Å². The van der Waals surface area contributed by atoms with Gasteiger partial charge >= 0.3 is 6.18 Å². The average molecular weight is 581 g/mol. The minimum absolute atomic E-state index is 0.0279. The van der Waals surface area contributed by atoms with Crippen molar-refractivity contribution < 1.29 is 26.3 Å². The lowest BCUT2D eigenvalue weighted by Gasteiger charge is -2.41. The summed E-state index contributed by atoms with van der Waals surface area (Å²) >= 11 is 6.45. The number of benzene rings is 1. The lowest BCUT2D eigenvalue weighted by atomic mass is 9.79. The lowest BCUT2D eigenvalue weighted by Crippen LogP contribution is -2.48. The van der Waals surface area contributed by atoms with Gasteiger partial charge in [-0.1, -0.05) is 29.8 Å². The van der Waals surface area contributed by atoms with Gasteiger partial charge in [-0.05, 0) is 74.9 Å². The van der Waals surface area contributed by atoms with E-state index in [2.05, 4.69) is 19.9 Å². The number of likely N-dealkylation sites (tertiary alicyclic amines) is 1. The van der Waals surface area contributed by atoms with E-state index in [-0.39, 0.29) is 39.6 Å². The molecule has 0 spiro atoms. The van der Waals surface area contributed by atoms with E-state index >= 15 is 0 Å². The number of sulfone groups is 1. The molecule has 0 N–H and O–H groups in total. The van der Waals surface area contributed by atoms with E-state index in [1.807, 2.05) is 0 Å². The second kappa shape index (κ2) is 11.4. The topological polar surface area (TPSA) is 85.3 Å². The molecule has 12 heteroatoms. The van der Waals surface area contributed by atoms with Gasteiger partial charge in [-0.3, -0.25) is 4.90 Å². The normalized spacial score (nSPS) is 22.6. The molecule has 3 aromatic rings. The first-order valence-corrected chi connectivity index (χ1v) is 14.8. The number of alkyl halides is 3. The minimum Gasteiger partial charge on any atom is -0.472 e. The molecule has 5 rings (SSSR count). The van der Waals surface area contributed by atoms with Crippen LogP contribution in [0.25, 0.3) is 0 Å². The third kappa shape index (κ3) is 6.53. The van der Waals surface area contributed by atoms with Crippen LogP contribution in [0.1, 0.15) is 54.8 Å². The first kappa shape index (κ1) is 27.8. The molecule has 0 amide bonds. The molecule has 1 saturated heterocycles. The molecule has 1 aliphatic carbocycles. The molecular weight excluding hydrogens is 553 g/mol. The summed E-state index contributed by atoms with van der Waals surface area (Å²) in [4.78, 5) is 14.3. The zero-order valence-corrected chi connectivity index (χ0v) is 22.6. The zero-order valence-electron chi connectivity index (χ0n) is 21.0. The summed E-state index contributed by atoms with van der Waals surface area (Å²) in [6, 6.07) is 8.42. The van der Waals surface area contributed by atoms with E-state index in [1.54, 1.807) is 6.07 Å². The van der Waals surface area contributed by atoms with Crippen LogP contribution in [0.3, 0.4) is 0 Å². The van der Waals surface area contributed by atoms with Crippen molar-refractivity contribution >= 4 is 21.4 Å². The van der Waals surface area contributed by atoms with Crippen molar-refractivity contribution in [1.29, 1.82) is 0 Å². The van der Waals surface area contributed by atoms with E-state index in [0.29, 0.717) is 30.5 Å². The predicted octanol–water partition coefficient (Wildman–Crippen LogP) is 5.70. The molecular formula is C27H28ClF3N4O3S. The number of hydrogen-bond donors (Lipinski definition) is 0. The third-order valence-corrected chi connectivity index (χ3v) is 9.32. The van der Waals surface area contributed by atoms with Crippen LogP contribution >= 0.6 is 11.6 Å². The summed E-state index contributed by atoms with van der Waals surface area (Å²) < 4.78 is 72.0. The molecule has 3 heterocycles. The van der Waals surface area contributed by atoms with Crippen molar-refractivity contribution in [2.24, 2.45) is 0 Å². The van der Waals surface area contributed by atoms with E-state index in [0.717, 1.165) is 32.0 Å². The minimum atomic E-state index is -4.39. The maximum atomic E-state index is 13.3. The van der Waals surface area contributed by atoms with Gasteiger partial charge in [-0.2, -0.15) is 13.2 Å². The summed E-state index contributed by atoms with van der Waals surface area (Å²) in [6.07, 6.45) is 3.33. The second-order valence-corrected chi connectivity index (χ2v) is 12.4. The third-order valence-electron chi connectivity index (χ3n) is 7.44. The highest BCUT2D eigenvalue weighted by atomic mass is 35.5. The lowest BCUT2D eigenvalue weighted by molar-refractivity contribution is -0.137. The van der Waals surface area contributed by atoms with Gasteiger partial charge in [0.1, 0.15) is 17.5 Å². The van der Waals surface area contributed by atoms with Gasteiger partial charge in [0.25, 0.3) is 0 Å². The molecule has 7 nitrogen and oxygen atoms in total. The Morgan fingerprint density at radius 1 is 1.08 bits per heavy atom. The van der Waals surface area contributed by atoms with E-state index in [9.17, 15) is 21.6 Å². The largest absolute Gasteiger partial charge is 0.472 e. The number of aromatic nitrogens is 3. The summed E-state index contributed by atoms with van der Waals surface area (Å²) in [6.45, 7) is 1.78.